The number of nitrogens with zero attached hydrogens (tertiary/aromatic N) is 4. The molecule has 0 saturated heterocycles. The Morgan fingerprint density at radius 2 is 2.04 bits per heavy atom. The van der Waals surface area contributed by atoms with Gasteiger partial charge in [0.25, 0.3) is 5.56 Å². The van der Waals surface area contributed by atoms with Gasteiger partial charge < -0.3 is 9.47 Å². The summed E-state index contributed by atoms with van der Waals surface area (Å²) in [6.07, 6.45) is 5.10. The number of rotatable bonds is 4. The average molecular weight is 366 g/mol. The Hall–Kier alpha value is -3.26. The summed E-state index contributed by atoms with van der Waals surface area (Å²) in [5.74, 6) is 1.66. The molecule has 0 bridgehead atoms. The number of ether oxygens (including phenoxy) is 2. The molecule has 3 heterocycles. The average Bonchev–Trinajstić information content (AvgIpc) is 3.22. The molecule has 7 nitrogen and oxygen atoms in total. The smallest absolute Gasteiger partial charge is 0.291 e. The van der Waals surface area contributed by atoms with E-state index in [9.17, 15) is 4.79 Å². The molecular weight excluding hydrogens is 352 g/mol. The summed E-state index contributed by atoms with van der Waals surface area (Å²) in [7, 11) is 3.14. The summed E-state index contributed by atoms with van der Waals surface area (Å²) in [6, 6.07) is 9.16. The molecule has 0 spiro atoms. The zero-order valence-electron chi connectivity index (χ0n) is 14.0. The second-order valence-corrected chi connectivity index (χ2v) is 6.38. The van der Waals surface area contributed by atoms with E-state index in [1.54, 1.807) is 44.8 Å². The lowest BCUT2D eigenvalue weighted by molar-refractivity contribution is 0.354. The van der Waals surface area contributed by atoms with Crippen molar-refractivity contribution in [1.29, 1.82) is 0 Å². The molecule has 8 heteroatoms. The van der Waals surface area contributed by atoms with Gasteiger partial charge in [-0.1, -0.05) is 23.5 Å². The summed E-state index contributed by atoms with van der Waals surface area (Å²) >= 11 is 1.27. The van der Waals surface area contributed by atoms with Crippen LogP contribution < -0.4 is 19.6 Å². The van der Waals surface area contributed by atoms with E-state index in [0.29, 0.717) is 26.8 Å². The molecule has 1 aromatic carbocycles. The van der Waals surface area contributed by atoms with Crippen molar-refractivity contribution in [2.75, 3.05) is 14.2 Å². The summed E-state index contributed by atoms with van der Waals surface area (Å²) in [5.41, 5.74) is 1.29. The van der Waals surface area contributed by atoms with Gasteiger partial charge in [-0.2, -0.15) is 9.50 Å². The molecule has 130 valence electrons. The molecule has 26 heavy (non-hydrogen) atoms. The molecule has 0 atom stereocenters. The molecule has 0 aliphatic rings. The lowest BCUT2D eigenvalue weighted by Gasteiger charge is -2.09. The van der Waals surface area contributed by atoms with Crippen molar-refractivity contribution in [3.63, 3.8) is 0 Å². The fourth-order valence-corrected chi connectivity index (χ4v) is 3.52. The van der Waals surface area contributed by atoms with Crippen LogP contribution in [0.4, 0.5) is 0 Å². The van der Waals surface area contributed by atoms with E-state index in [4.69, 9.17) is 9.47 Å². The lowest BCUT2D eigenvalue weighted by Crippen LogP contribution is -2.23. The second kappa shape index (κ2) is 6.57. The van der Waals surface area contributed by atoms with Gasteiger partial charge in [-0.3, -0.25) is 9.78 Å². The van der Waals surface area contributed by atoms with E-state index in [2.05, 4.69) is 15.1 Å². The Morgan fingerprint density at radius 3 is 2.73 bits per heavy atom. The van der Waals surface area contributed by atoms with Crippen LogP contribution in [0.3, 0.4) is 0 Å². The van der Waals surface area contributed by atoms with Crippen LogP contribution in [-0.2, 0) is 0 Å². The normalized spacial score (nSPS) is 11.8. The van der Waals surface area contributed by atoms with E-state index in [1.165, 1.54) is 15.9 Å². The highest BCUT2D eigenvalue weighted by molar-refractivity contribution is 7.15. The third-order valence-corrected chi connectivity index (χ3v) is 4.78. The first-order valence-corrected chi connectivity index (χ1v) is 8.55. The van der Waals surface area contributed by atoms with Gasteiger partial charge in [0.1, 0.15) is 0 Å². The van der Waals surface area contributed by atoms with Crippen LogP contribution in [0.1, 0.15) is 5.56 Å². The molecule has 0 aliphatic heterocycles. The first kappa shape index (κ1) is 16.2. The van der Waals surface area contributed by atoms with Crippen LogP contribution in [0.25, 0.3) is 22.4 Å². The molecule has 4 aromatic rings. The highest BCUT2D eigenvalue weighted by Gasteiger charge is 2.13. The van der Waals surface area contributed by atoms with Crippen LogP contribution in [-0.4, -0.2) is 33.8 Å². The predicted molar refractivity (Wildman–Crippen MR) is 98.7 cm³/mol. The Morgan fingerprint density at radius 1 is 1.15 bits per heavy atom. The molecule has 0 aliphatic carbocycles. The Kier molecular flexibility index (Phi) is 4.10. The van der Waals surface area contributed by atoms with E-state index in [1.807, 2.05) is 18.2 Å². The van der Waals surface area contributed by atoms with Gasteiger partial charge in [0.05, 0.1) is 18.8 Å². The number of hydrogen-bond acceptors (Lipinski definition) is 7. The first-order valence-electron chi connectivity index (χ1n) is 7.74. The van der Waals surface area contributed by atoms with Gasteiger partial charge in [0.2, 0.25) is 4.96 Å². The van der Waals surface area contributed by atoms with Gasteiger partial charge in [-0.05, 0) is 24.3 Å². The molecule has 0 fully saturated rings. The van der Waals surface area contributed by atoms with Crippen molar-refractivity contribution in [1.82, 2.24) is 19.6 Å². The summed E-state index contributed by atoms with van der Waals surface area (Å²) in [6.45, 7) is 0. The predicted octanol–water partition coefficient (Wildman–Crippen LogP) is 1.78. The summed E-state index contributed by atoms with van der Waals surface area (Å²) in [4.78, 5) is 21.7. The van der Waals surface area contributed by atoms with Crippen LogP contribution in [0.2, 0.25) is 0 Å². The molecule has 0 radical (unpaired) electrons. The van der Waals surface area contributed by atoms with Gasteiger partial charge in [0.15, 0.2) is 17.3 Å². The maximum absolute atomic E-state index is 12.7. The molecule has 0 saturated carbocycles. The van der Waals surface area contributed by atoms with E-state index in [0.717, 1.165) is 11.1 Å². The van der Waals surface area contributed by atoms with Crippen LogP contribution >= 0.6 is 11.3 Å². The van der Waals surface area contributed by atoms with Crippen molar-refractivity contribution in [3.8, 4) is 22.9 Å². The lowest BCUT2D eigenvalue weighted by atomic mass is 10.2. The third kappa shape index (κ3) is 2.70. The number of hydrogen-bond donors (Lipinski definition) is 0. The minimum atomic E-state index is -0.225. The molecule has 0 N–H and O–H groups in total. The van der Waals surface area contributed by atoms with Gasteiger partial charge in [0, 0.05) is 23.5 Å². The number of thiazole rings is 1. The minimum Gasteiger partial charge on any atom is -0.493 e. The zero-order valence-corrected chi connectivity index (χ0v) is 14.9. The molecule has 3 aromatic heterocycles. The minimum absolute atomic E-state index is 0.225. The second-order valence-electron chi connectivity index (χ2n) is 5.37. The molecule has 0 amide bonds. The van der Waals surface area contributed by atoms with E-state index >= 15 is 0 Å². The molecule has 4 rings (SSSR count). The number of para-hydroxylation sites is 1. The number of benzene rings is 1. The summed E-state index contributed by atoms with van der Waals surface area (Å²) < 4.78 is 12.5. The highest BCUT2D eigenvalue weighted by Crippen LogP contribution is 2.31. The van der Waals surface area contributed by atoms with E-state index in [-0.39, 0.29) is 5.56 Å². The van der Waals surface area contributed by atoms with Gasteiger partial charge in [-0.25, -0.2) is 0 Å². The highest BCUT2D eigenvalue weighted by atomic mass is 32.1. The Bertz CT molecular complexity index is 1180. The topological polar surface area (TPSA) is 78.6 Å². The van der Waals surface area contributed by atoms with Crippen LogP contribution in [0.15, 0.2) is 47.5 Å². The van der Waals surface area contributed by atoms with Crippen LogP contribution in [0, 0.1) is 0 Å². The molecule has 0 unspecified atom stereocenters. The van der Waals surface area contributed by atoms with Crippen LogP contribution in [0.5, 0.6) is 11.5 Å². The van der Waals surface area contributed by atoms with Crippen molar-refractivity contribution in [2.24, 2.45) is 0 Å². The fourth-order valence-electron chi connectivity index (χ4n) is 2.62. The largest absolute Gasteiger partial charge is 0.493 e. The maximum Gasteiger partial charge on any atom is 0.291 e. The third-order valence-electron chi connectivity index (χ3n) is 3.82. The SMILES string of the molecule is COc1cccc(C=c2sc3nc(-c4cccnc4)nn3c2=O)c1OC. The number of fused-ring (bicyclic) bond motifs is 1. The quantitative estimate of drug-likeness (QED) is 0.548. The van der Waals surface area contributed by atoms with Crippen molar-refractivity contribution >= 4 is 22.4 Å². The maximum atomic E-state index is 12.7. The Balaban J connectivity index is 1.84. The summed E-state index contributed by atoms with van der Waals surface area (Å²) in [5, 5.41) is 4.31. The monoisotopic (exact) mass is 366 g/mol. The van der Waals surface area contributed by atoms with Gasteiger partial charge in [-0.15, -0.1) is 5.10 Å². The van der Waals surface area contributed by atoms with Crippen molar-refractivity contribution in [3.05, 3.63) is 63.2 Å². The number of pyridine rings is 1. The fraction of sp³-hybridized carbons (Fsp3) is 0.111. The van der Waals surface area contributed by atoms with E-state index < -0.39 is 0 Å². The Labute approximate surface area is 152 Å². The molecular formula is C18H14N4O3S. The standard InChI is InChI=1S/C18H14N4O3S/c1-24-13-7-3-5-11(15(13)25-2)9-14-17(23)22-18(26-14)20-16(21-22)12-6-4-8-19-10-12/h3-10H,1-2H3. The first-order chi connectivity index (χ1) is 12.7. The zero-order chi connectivity index (χ0) is 18.1. The van der Waals surface area contributed by atoms with Crippen molar-refractivity contribution in [2.45, 2.75) is 0 Å². The number of methoxy groups -OCH3 is 2. The van der Waals surface area contributed by atoms with Crippen molar-refractivity contribution < 1.29 is 9.47 Å². The number of aromatic nitrogens is 4. The van der Waals surface area contributed by atoms with Gasteiger partial charge >= 0.3 is 0 Å².